The molecule has 0 fully saturated rings. The Kier molecular flexibility index (Phi) is 5.60. The highest BCUT2D eigenvalue weighted by molar-refractivity contribution is 5.88. The van der Waals surface area contributed by atoms with E-state index in [0.29, 0.717) is 0 Å². The fourth-order valence-corrected chi connectivity index (χ4v) is 0.919. The number of amides is 2. The Bertz CT molecular complexity index is 308. The molecule has 0 aliphatic rings. The summed E-state index contributed by atoms with van der Waals surface area (Å²) >= 11 is 0. The first kappa shape index (κ1) is 15.4. The fourth-order valence-electron chi connectivity index (χ4n) is 0.919. The molecule has 0 saturated carbocycles. The molecule has 0 aromatic rings. The maximum absolute atomic E-state index is 11.3. The molecular weight excluding hydrogens is 228 g/mol. The van der Waals surface area contributed by atoms with Gasteiger partial charge in [0, 0.05) is 0 Å². The van der Waals surface area contributed by atoms with Crippen molar-refractivity contribution >= 4 is 17.8 Å². The second-order valence-electron chi connectivity index (χ2n) is 4.53. The van der Waals surface area contributed by atoms with Crippen molar-refractivity contribution in [2.75, 3.05) is 6.61 Å². The van der Waals surface area contributed by atoms with Crippen molar-refractivity contribution in [3.8, 4) is 0 Å². The molecule has 0 rings (SSSR count). The summed E-state index contributed by atoms with van der Waals surface area (Å²) in [6.45, 7) is 5.02. The standard InChI is InChI=1S/C10H18N2O5/c1-10(2,3)17-5-8(14)12-6(9(15)16)4-7(11)13/h6H,4-5H2,1-3H3,(H2,11,13)(H,12,14)(H,15,16)/t6-/m0/s1. The first-order valence-electron chi connectivity index (χ1n) is 5.06. The predicted octanol–water partition coefficient (Wildman–Crippen LogP) is -0.754. The third-order valence-electron chi connectivity index (χ3n) is 1.67. The molecule has 0 radical (unpaired) electrons. The summed E-state index contributed by atoms with van der Waals surface area (Å²) < 4.78 is 5.16. The van der Waals surface area contributed by atoms with E-state index in [1.165, 1.54) is 0 Å². The van der Waals surface area contributed by atoms with Gasteiger partial charge in [-0.05, 0) is 20.8 Å². The van der Waals surface area contributed by atoms with Crippen LogP contribution in [0.15, 0.2) is 0 Å². The minimum Gasteiger partial charge on any atom is -0.480 e. The van der Waals surface area contributed by atoms with Crippen LogP contribution in [-0.2, 0) is 19.1 Å². The third kappa shape index (κ3) is 8.21. The van der Waals surface area contributed by atoms with Gasteiger partial charge in [0.25, 0.3) is 0 Å². The van der Waals surface area contributed by atoms with E-state index in [1.807, 2.05) is 0 Å². The molecule has 0 aromatic carbocycles. The molecule has 1 atom stereocenters. The number of carboxylic acids is 1. The maximum atomic E-state index is 11.3. The Hall–Kier alpha value is -1.63. The lowest BCUT2D eigenvalue weighted by Crippen LogP contribution is -2.45. The number of nitrogens with two attached hydrogens (primary N) is 1. The molecule has 2 amide bonds. The Morgan fingerprint density at radius 1 is 1.35 bits per heavy atom. The minimum absolute atomic E-state index is 0.272. The average molecular weight is 246 g/mol. The quantitative estimate of drug-likeness (QED) is 0.569. The van der Waals surface area contributed by atoms with Gasteiger partial charge in [-0.3, -0.25) is 9.59 Å². The zero-order valence-electron chi connectivity index (χ0n) is 10.1. The number of hydrogen-bond donors (Lipinski definition) is 3. The zero-order valence-corrected chi connectivity index (χ0v) is 10.1. The van der Waals surface area contributed by atoms with E-state index in [-0.39, 0.29) is 6.61 Å². The Labute approximate surface area is 99.3 Å². The number of ether oxygens (including phenoxy) is 1. The highest BCUT2D eigenvalue weighted by Gasteiger charge is 2.23. The molecule has 0 aromatic heterocycles. The lowest BCUT2D eigenvalue weighted by molar-refractivity contribution is -0.144. The molecule has 0 bridgehead atoms. The van der Waals surface area contributed by atoms with Gasteiger partial charge in [-0.25, -0.2) is 4.79 Å². The van der Waals surface area contributed by atoms with Gasteiger partial charge in [-0.1, -0.05) is 0 Å². The number of carboxylic acid groups (broad SMARTS) is 1. The molecule has 17 heavy (non-hydrogen) atoms. The lowest BCUT2D eigenvalue weighted by Gasteiger charge is -2.20. The van der Waals surface area contributed by atoms with E-state index in [2.05, 4.69) is 5.32 Å². The highest BCUT2D eigenvalue weighted by atomic mass is 16.5. The second kappa shape index (κ2) is 6.19. The van der Waals surface area contributed by atoms with Crippen molar-refractivity contribution in [1.29, 1.82) is 0 Å². The lowest BCUT2D eigenvalue weighted by atomic mass is 10.2. The van der Waals surface area contributed by atoms with Gasteiger partial charge >= 0.3 is 5.97 Å². The summed E-state index contributed by atoms with van der Waals surface area (Å²) in [7, 11) is 0. The Morgan fingerprint density at radius 2 is 1.88 bits per heavy atom. The van der Waals surface area contributed by atoms with E-state index in [4.69, 9.17) is 15.6 Å². The Morgan fingerprint density at radius 3 is 2.24 bits per heavy atom. The number of carbonyl (C=O) groups excluding carboxylic acids is 2. The van der Waals surface area contributed by atoms with Crippen molar-refractivity contribution in [3.63, 3.8) is 0 Å². The number of aliphatic carboxylic acids is 1. The van der Waals surface area contributed by atoms with Crippen molar-refractivity contribution in [1.82, 2.24) is 5.32 Å². The smallest absolute Gasteiger partial charge is 0.326 e. The van der Waals surface area contributed by atoms with Crippen LogP contribution in [0.2, 0.25) is 0 Å². The summed E-state index contributed by atoms with van der Waals surface area (Å²) in [5, 5.41) is 10.9. The average Bonchev–Trinajstić information content (AvgIpc) is 2.11. The molecule has 0 heterocycles. The minimum atomic E-state index is -1.32. The van der Waals surface area contributed by atoms with Gasteiger partial charge in [-0.2, -0.15) is 0 Å². The molecule has 4 N–H and O–H groups in total. The summed E-state index contributed by atoms with van der Waals surface area (Å²) in [6.07, 6.45) is -0.448. The van der Waals surface area contributed by atoms with Gasteiger partial charge in [-0.15, -0.1) is 0 Å². The third-order valence-corrected chi connectivity index (χ3v) is 1.67. The topological polar surface area (TPSA) is 119 Å². The molecule has 0 aliphatic carbocycles. The summed E-state index contributed by atoms with van der Waals surface area (Å²) in [6, 6.07) is -1.32. The van der Waals surface area contributed by atoms with Crippen LogP contribution in [0.4, 0.5) is 0 Å². The second-order valence-corrected chi connectivity index (χ2v) is 4.53. The SMILES string of the molecule is CC(C)(C)OCC(=O)N[C@@H](CC(N)=O)C(=O)O. The monoisotopic (exact) mass is 246 g/mol. The van der Waals surface area contributed by atoms with E-state index < -0.39 is 35.8 Å². The van der Waals surface area contributed by atoms with Gasteiger partial charge in [0.1, 0.15) is 12.6 Å². The zero-order chi connectivity index (χ0) is 13.6. The van der Waals surface area contributed by atoms with E-state index >= 15 is 0 Å². The van der Waals surface area contributed by atoms with Gasteiger partial charge in [0.05, 0.1) is 12.0 Å². The largest absolute Gasteiger partial charge is 0.480 e. The van der Waals surface area contributed by atoms with Crippen molar-refractivity contribution in [2.45, 2.75) is 38.8 Å². The number of nitrogens with one attached hydrogen (secondary N) is 1. The van der Waals surface area contributed by atoms with Crippen LogP contribution in [0, 0.1) is 0 Å². The number of carbonyl (C=O) groups is 3. The molecule has 0 aliphatic heterocycles. The van der Waals surface area contributed by atoms with Gasteiger partial charge in [0.15, 0.2) is 0 Å². The van der Waals surface area contributed by atoms with Crippen LogP contribution in [0.25, 0.3) is 0 Å². The van der Waals surface area contributed by atoms with Gasteiger partial charge in [0.2, 0.25) is 11.8 Å². The predicted molar refractivity (Wildman–Crippen MR) is 59.1 cm³/mol. The first-order chi connectivity index (χ1) is 7.61. The number of hydrogen-bond acceptors (Lipinski definition) is 4. The number of rotatable bonds is 6. The Balaban J connectivity index is 4.22. The molecular formula is C10H18N2O5. The van der Waals surface area contributed by atoms with Crippen LogP contribution in [0.3, 0.4) is 0 Å². The number of primary amides is 1. The maximum Gasteiger partial charge on any atom is 0.326 e. The van der Waals surface area contributed by atoms with Crippen LogP contribution < -0.4 is 11.1 Å². The van der Waals surface area contributed by atoms with Crippen molar-refractivity contribution in [3.05, 3.63) is 0 Å². The van der Waals surface area contributed by atoms with E-state index in [0.717, 1.165) is 0 Å². The fraction of sp³-hybridized carbons (Fsp3) is 0.700. The molecule has 0 unspecified atom stereocenters. The normalized spacial score (nSPS) is 12.9. The molecule has 7 heteroatoms. The van der Waals surface area contributed by atoms with Crippen LogP contribution in [0.1, 0.15) is 27.2 Å². The molecule has 0 saturated heterocycles. The van der Waals surface area contributed by atoms with Gasteiger partial charge < -0.3 is 20.9 Å². The van der Waals surface area contributed by atoms with Crippen molar-refractivity contribution < 1.29 is 24.2 Å². The van der Waals surface area contributed by atoms with E-state index in [9.17, 15) is 14.4 Å². The molecule has 7 nitrogen and oxygen atoms in total. The highest BCUT2D eigenvalue weighted by Crippen LogP contribution is 2.05. The summed E-state index contributed by atoms with van der Waals surface area (Å²) in [4.78, 5) is 32.6. The van der Waals surface area contributed by atoms with Crippen LogP contribution in [0.5, 0.6) is 0 Å². The summed E-state index contributed by atoms with van der Waals surface area (Å²) in [5.74, 6) is -2.71. The van der Waals surface area contributed by atoms with E-state index in [1.54, 1.807) is 20.8 Å². The van der Waals surface area contributed by atoms with Crippen LogP contribution >= 0.6 is 0 Å². The molecule has 0 spiro atoms. The van der Waals surface area contributed by atoms with Crippen LogP contribution in [-0.4, -0.2) is 41.1 Å². The first-order valence-corrected chi connectivity index (χ1v) is 5.06. The van der Waals surface area contributed by atoms with Crippen molar-refractivity contribution in [2.24, 2.45) is 5.73 Å². The summed E-state index contributed by atoms with van der Waals surface area (Å²) in [5.41, 5.74) is 4.37. The molecule has 98 valence electrons.